The van der Waals surface area contributed by atoms with E-state index in [1.54, 1.807) is 23.1 Å². The number of halogens is 2. The van der Waals surface area contributed by atoms with Gasteiger partial charge in [-0.25, -0.2) is 4.98 Å². The Morgan fingerprint density at radius 2 is 2.00 bits per heavy atom. The van der Waals surface area contributed by atoms with E-state index in [2.05, 4.69) is 9.97 Å². The Labute approximate surface area is 142 Å². The van der Waals surface area contributed by atoms with Crippen molar-refractivity contribution in [3.8, 4) is 11.4 Å². The van der Waals surface area contributed by atoms with E-state index in [1.807, 2.05) is 0 Å². The first-order valence-corrected chi connectivity index (χ1v) is 7.80. The number of carbonyl (C=O) groups excluding carboxylic acids is 1. The van der Waals surface area contributed by atoms with Crippen molar-refractivity contribution in [3.05, 3.63) is 50.4 Å². The van der Waals surface area contributed by atoms with Crippen LogP contribution >= 0.6 is 23.2 Å². The standard InChI is InChI=1S/C15H14Cl2N4O2/c16-9-3-8(4-10(17)5-9)13-19-6-12(14(22)20-13)15(23)21-2-1-11(18)7-21/h3-6,11H,1-2,7,18H2,(H,19,20,22)/t11-/m0/s1. The number of hydrogen-bond acceptors (Lipinski definition) is 4. The minimum absolute atomic E-state index is 0.00373. The molecule has 3 rings (SSSR count). The SMILES string of the molecule is N[C@H]1CCN(C(=O)c2cnc(-c3cc(Cl)cc(Cl)c3)[nH]c2=O)C1. The second kappa shape index (κ2) is 6.31. The fraction of sp³-hybridized carbons (Fsp3) is 0.267. The van der Waals surface area contributed by atoms with Crippen molar-refractivity contribution in [2.75, 3.05) is 13.1 Å². The number of likely N-dealkylation sites (tertiary alicyclic amines) is 1. The number of amides is 1. The van der Waals surface area contributed by atoms with E-state index in [9.17, 15) is 9.59 Å². The third kappa shape index (κ3) is 3.39. The van der Waals surface area contributed by atoms with Crippen LogP contribution in [0.5, 0.6) is 0 Å². The summed E-state index contributed by atoms with van der Waals surface area (Å²) in [6.07, 6.45) is 2.01. The lowest BCUT2D eigenvalue weighted by Gasteiger charge is -2.15. The number of nitrogens with one attached hydrogen (secondary N) is 1. The van der Waals surface area contributed by atoms with Crippen molar-refractivity contribution in [1.82, 2.24) is 14.9 Å². The molecule has 1 aliphatic rings. The van der Waals surface area contributed by atoms with Gasteiger partial charge in [0.2, 0.25) is 0 Å². The molecule has 0 spiro atoms. The van der Waals surface area contributed by atoms with Crippen molar-refractivity contribution in [3.63, 3.8) is 0 Å². The molecular formula is C15H14Cl2N4O2. The van der Waals surface area contributed by atoms with Crippen LogP contribution in [0.4, 0.5) is 0 Å². The number of H-pyrrole nitrogens is 1. The first-order valence-electron chi connectivity index (χ1n) is 7.04. The monoisotopic (exact) mass is 352 g/mol. The van der Waals surface area contributed by atoms with E-state index in [4.69, 9.17) is 28.9 Å². The van der Waals surface area contributed by atoms with E-state index in [0.717, 1.165) is 6.42 Å². The van der Waals surface area contributed by atoms with Crippen LogP contribution in [-0.2, 0) is 0 Å². The molecule has 0 bridgehead atoms. The van der Waals surface area contributed by atoms with Gasteiger partial charge in [-0.15, -0.1) is 0 Å². The van der Waals surface area contributed by atoms with Crippen molar-refractivity contribution in [2.45, 2.75) is 12.5 Å². The van der Waals surface area contributed by atoms with Crippen LogP contribution in [0.3, 0.4) is 0 Å². The Morgan fingerprint density at radius 3 is 2.57 bits per heavy atom. The molecule has 0 saturated carbocycles. The molecule has 6 nitrogen and oxygen atoms in total. The molecule has 120 valence electrons. The summed E-state index contributed by atoms with van der Waals surface area (Å²) >= 11 is 11.9. The maximum absolute atomic E-state index is 12.3. The molecule has 1 aromatic heterocycles. The Balaban J connectivity index is 1.92. The number of nitrogens with two attached hydrogens (primary N) is 1. The summed E-state index contributed by atoms with van der Waals surface area (Å²) in [7, 11) is 0. The van der Waals surface area contributed by atoms with Gasteiger partial charge in [-0.05, 0) is 24.6 Å². The summed E-state index contributed by atoms with van der Waals surface area (Å²) in [4.78, 5) is 32.9. The van der Waals surface area contributed by atoms with Crippen LogP contribution in [-0.4, -0.2) is 39.9 Å². The third-order valence-electron chi connectivity index (χ3n) is 3.68. The number of hydrogen-bond donors (Lipinski definition) is 2. The zero-order valence-corrected chi connectivity index (χ0v) is 13.6. The lowest BCUT2D eigenvalue weighted by atomic mass is 10.2. The van der Waals surface area contributed by atoms with Crippen LogP contribution in [0.2, 0.25) is 10.0 Å². The number of nitrogens with zero attached hydrogens (tertiary/aromatic N) is 2. The number of carbonyl (C=O) groups is 1. The Morgan fingerprint density at radius 1 is 1.30 bits per heavy atom. The molecule has 2 aromatic rings. The average Bonchev–Trinajstić information content (AvgIpc) is 2.92. The topological polar surface area (TPSA) is 92.1 Å². The molecule has 2 heterocycles. The highest BCUT2D eigenvalue weighted by Gasteiger charge is 2.26. The van der Waals surface area contributed by atoms with E-state index in [0.29, 0.717) is 34.5 Å². The van der Waals surface area contributed by atoms with Crippen LogP contribution in [0.25, 0.3) is 11.4 Å². The zero-order chi connectivity index (χ0) is 16.6. The van der Waals surface area contributed by atoms with Gasteiger partial charge >= 0.3 is 0 Å². The molecule has 8 heteroatoms. The van der Waals surface area contributed by atoms with Gasteiger partial charge in [0.05, 0.1) is 0 Å². The summed E-state index contributed by atoms with van der Waals surface area (Å²) in [5, 5.41) is 0.864. The molecule has 1 amide bonds. The van der Waals surface area contributed by atoms with Gasteiger partial charge in [0.1, 0.15) is 11.4 Å². The van der Waals surface area contributed by atoms with Crippen molar-refractivity contribution in [1.29, 1.82) is 0 Å². The van der Waals surface area contributed by atoms with Gasteiger partial charge in [0, 0.05) is 40.9 Å². The Hall–Kier alpha value is -1.89. The molecule has 1 fully saturated rings. The summed E-state index contributed by atoms with van der Waals surface area (Å²) in [6, 6.07) is 4.80. The van der Waals surface area contributed by atoms with Gasteiger partial charge in [-0.2, -0.15) is 0 Å². The molecule has 1 aliphatic heterocycles. The van der Waals surface area contributed by atoms with Crippen molar-refractivity contribution >= 4 is 29.1 Å². The van der Waals surface area contributed by atoms with E-state index >= 15 is 0 Å². The van der Waals surface area contributed by atoms with E-state index in [1.165, 1.54) is 6.20 Å². The van der Waals surface area contributed by atoms with Crippen LogP contribution < -0.4 is 11.3 Å². The quantitative estimate of drug-likeness (QED) is 0.863. The maximum atomic E-state index is 12.3. The van der Waals surface area contributed by atoms with E-state index < -0.39 is 5.56 Å². The highest BCUT2D eigenvalue weighted by molar-refractivity contribution is 6.35. The highest BCUT2D eigenvalue weighted by atomic mass is 35.5. The van der Waals surface area contributed by atoms with Gasteiger partial charge in [0.25, 0.3) is 11.5 Å². The molecule has 1 saturated heterocycles. The predicted molar refractivity (Wildman–Crippen MR) is 88.8 cm³/mol. The van der Waals surface area contributed by atoms with Crippen LogP contribution in [0.15, 0.2) is 29.2 Å². The number of rotatable bonds is 2. The normalized spacial score (nSPS) is 17.5. The summed E-state index contributed by atoms with van der Waals surface area (Å²) in [5.74, 6) is -0.0588. The second-order valence-electron chi connectivity index (χ2n) is 5.43. The Bertz CT molecular complexity index is 801. The van der Waals surface area contributed by atoms with Crippen LogP contribution in [0, 0.1) is 0 Å². The van der Waals surface area contributed by atoms with Crippen LogP contribution in [0.1, 0.15) is 16.8 Å². The molecule has 0 radical (unpaired) electrons. The van der Waals surface area contributed by atoms with Gasteiger partial charge in [-0.3, -0.25) is 9.59 Å². The molecule has 1 aromatic carbocycles. The summed E-state index contributed by atoms with van der Waals surface area (Å²) in [5.41, 5.74) is 5.85. The molecule has 23 heavy (non-hydrogen) atoms. The lowest BCUT2D eigenvalue weighted by Crippen LogP contribution is -2.35. The third-order valence-corrected chi connectivity index (χ3v) is 4.11. The highest BCUT2D eigenvalue weighted by Crippen LogP contribution is 2.24. The van der Waals surface area contributed by atoms with Crippen molar-refractivity contribution in [2.24, 2.45) is 5.73 Å². The maximum Gasteiger partial charge on any atom is 0.264 e. The fourth-order valence-corrected chi connectivity index (χ4v) is 3.05. The predicted octanol–water partition coefficient (Wildman–Crippen LogP) is 1.92. The van der Waals surface area contributed by atoms with Gasteiger partial charge in [0.15, 0.2) is 0 Å². The number of aromatic nitrogens is 2. The largest absolute Gasteiger partial charge is 0.337 e. The minimum atomic E-state index is -0.503. The molecule has 0 aliphatic carbocycles. The average molecular weight is 353 g/mol. The minimum Gasteiger partial charge on any atom is -0.337 e. The zero-order valence-electron chi connectivity index (χ0n) is 12.1. The smallest absolute Gasteiger partial charge is 0.264 e. The summed E-state index contributed by atoms with van der Waals surface area (Å²) in [6.45, 7) is 0.995. The Kier molecular flexibility index (Phi) is 4.39. The first kappa shape index (κ1) is 16.0. The molecule has 0 unspecified atom stereocenters. The molecule has 1 atom stereocenters. The fourth-order valence-electron chi connectivity index (χ4n) is 2.53. The first-order chi connectivity index (χ1) is 10.9. The second-order valence-corrected chi connectivity index (χ2v) is 6.31. The lowest BCUT2D eigenvalue weighted by molar-refractivity contribution is 0.0788. The van der Waals surface area contributed by atoms with Gasteiger partial charge in [-0.1, -0.05) is 23.2 Å². The number of aromatic amines is 1. The summed E-state index contributed by atoms with van der Waals surface area (Å²) < 4.78 is 0. The molecule has 3 N–H and O–H groups in total. The number of benzene rings is 1. The van der Waals surface area contributed by atoms with Crippen molar-refractivity contribution < 1.29 is 4.79 Å². The van der Waals surface area contributed by atoms with E-state index in [-0.39, 0.29) is 17.5 Å². The van der Waals surface area contributed by atoms with Gasteiger partial charge < -0.3 is 15.6 Å². The molecular weight excluding hydrogens is 339 g/mol.